The van der Waals surface area contributed by atoms with Gasteiger partial charge in [-0.2, -0.15) is 0 Å². The van der Waals surface area contributed by atoms with Gasteiger partial charge in [-0.15, -0.1) is 0 Å². The smallest absolute Gasteiger partial charge is 0.240 e. The first kappa shape index (κ1) is 20.8. The number of ether oxygens (including phenoxy) is 1. The molecule has 1 saturated heterocycles. The first-order chi connectivity index (χ1) is 12.5. The van der Waals surface area contributed by atoms with Crippen LogP contribution in [0, 0.1) is 0 Å². The summed E-state index contributed by atoms with van der Waals surface area (Å²) < 4.78 is 31.9. The quantitative estimate of drug-likeness (QED) is 0.623. The minimum absolute atomic E-state index is 0.0135. The van der Waals surface area contributed by atoms with Crippen LogP contribution in [0.3, 0.4) is 0 Å². The Bertz CT molecular complexity index is 656. The van der Waals surface area contributed by atoms with Gasteiger partial charge in [-0.3, -0.25) is 9.69 Å². The van der Waals surface area contributed by atoms with Crippen molar-refractivity contribution in [2.75, 3.05) is 45.9 Å². The highest BCUT2D eigenvalue weighted by atomic mass is 32.2. The van der Waals surface area contributed by atoms with Crippen molar-refractivity contribution in [3.05, 3.63) is 29.8 Å². The van der Waals surface area contributed by atoms with Crippen molar-refractivity contribution in [3.8, 4) is 0 Å². The zero-order valence-corrected chi connectivity index (χ0v) is 16.2. The van der Waals surface area contributed by atoms with E-state index in [-0.39, 0.29) is 10.8 Å². The number of nitrogens with one attached hydrogen (secondary N) is 2. The Hall–Kier alpha value is -1.48. The molecular formula is C18H29N3O4S. The second-order valence-corrected chi connectivity index (χ2v) is 8.11. The number of hydrogen-bond donors (Lipinski definition) is 2. The lowest BCUT2D eigenvalue weighted by molar-refractivity contribution is -0.121. The van der Waals surface area contributed by atoms with E-state index in [4.69, 9.17) is 4.74 Å². The van der Waals surface area contributed by atoms with E-state index < -0.39 is 10.0 Å². The van der Waals surface area contributed by atoms with Crippen molar-refractivity contribution in [1.82, 2.24) is 14.9 Å². The topological polar surface area (TPSA) is 87.7 Å². The molecule has 8 heteroatoms. The van der Waals surface area contributed by atoms with E-state index in [2.05, 4.69) is 14.9 Å². The number of rotatable bonds is 10. The second kappa shape index (κ2) is 10.6. The minimum Gasteiger partial charge on any atom is -0.379 e. The molecule has 0 unspecified atom stereocenters. The monoisotopic (exact) mass is 383 g/mol. The third-order valence-corrected chi connectivity index (χ3v) is 5.75. The minimum atomic E-state index is -3.44. The van der Waals surface area contributed by atoms with E-state index >= 15 is 0 Å². The van der Waals surface area contributed by atoms with Crippen molar-refractivity contribution in [2.45, 2.75) is 31.1 Å². The molecule has 1 amide bonds. The van der Waals surface area contributed by atoms with Gasteiger partial charge in [0, 0.05) is 39.1 Å². The van der Waals surface area contributed by atoms with Gasteiger partial charge < -0.3 is 10.1 Å². The van der Waals surface area contributed by atoms with Gasteiger partial charge in [-0.05, 0) is 30.5 Å². The summed E-state index contributed by atoms with van der Waals surface area (Å²) in [6.07, 6.45) is 1.73. The zero-order chi connectivity index (χ0) is 18.8. The van der Waals surface area contributed by atoms with E-state index in [0.29, 0.717) is 25.9 Å². The van der Waals surface area contributed by atoms with Crippen LogP contribution in [-0.2, 0) is 26.0 Å². The fraction of sp³-hybridized carbons (Fsp3) is 0.611. The van der Waals surface area contributed by atoms with Gasteiger partial charge in [-0.25, -0.2) is 13.1 Å². The molecule has 2 N–H and O–H groups in total. The van der Waals surface area contributed by atoms with E-state index in [9.17, 15) is 13.2 Å². The predicted molar refractivity (Wildman–Crippen MR) is 101 cm³/mol. The molecule has 0 aromatic heterocycles. The average molecular weight is 384 g/mol. The molecule has 26 heavy (non-hydrogen) atoms. The number of morpholine rings is 1. The number of benzene rings is 1. The summed E-state index contributed by atoms with van der Waals surface area (Å²) in [4.78, 5) is 14.5. The van der Waals surface area contributed by atoms with Gasteiger partial charge in [0.1, 0.15) is 0 Å². The highest BCUT2D eigenvalue weighted by molar-refractivity contribution is 7.89. The van der Waals surface area contributed by atoms with Crippen LogP contribution in [-0.4, -0.2) is 65.2 Å². The SMILES string of the molecule is CCCNS(=O)(=O)c1ccc(CCC(=O)NCCN2CCOCC2)cc1. The lowest BCUT2D eigenvalue weighted by atomic mass is 10.1. The standard InChI is InChI=1S/C18H29N3O4S/c1-2-9-20-26(23,24)17-6-3-16(4-7-17)5-8-18(22)19-10-11-21-12-14-25-15-13-21/h3-4,6-7,20H,2,5,8-15H2,1H3,(H,19,22). The molecule has 0 spiro atoms. The summed E-state index contributed by atoms with van der Waals surface area (Å²) in [7, 11) is -3.44. The second-order valence-electron chi connectivity index (χ2n) is 6.35. The molecule has 0 saturated carbocycles. The first-order valence-electron chi connectivity index (χ1n) is 9.16. The number of carbonyl (C=O) groups is 1. The maximum Gasteiger partial charge on any atom is 0.240 e. The van der Waals surface area contributed by atoms with Crippen molar-refractivity contribution in [1.29, 1.82) is 0 Å². The summed E-state index contributed by atoms with van der Waals surface area (Å²) in [6.45, 7) is 7.16. The molecule has 1 aliphatic rings. The van der Waals surface area contributed by atoms with Crippen LogP contribution in [0.5, 0.6) is 0 Å². The third-order valence-electron chi connectivity index (χ3n) is 4.27. The Kier molecular flexibility index (Phi) is 8.50. The Morgan fingerprint density at radius 2 is 1.85 bits per heavy atom. The van der Waals surface area contributed by atoms with Crippen molar-refractivity contribution in [2.24, 2.45) is 0 Å². The molecule has 1 aliphatic heterocycles. The molecule has 0 atom stereocenters. The molecule has 0 radical (unpaired) electrons. The first-order valence-corrected chi connectivity index (χ1v) is 10.6. The van der Waals surface area contributed by atoms with E-state index in [1.54, 1.807) is 24.3 Å². The summed E-state index contributed by atoms with van der Waals surface area (Å²) in [5.41, 5.74) is 0.947. The number of hydrogen-bond acceptors (Lipinski definition) is 5. The van der Waals surface area contributed by atoms with E-state index in [0.717, 1.165) is 44.8 Å². The molecule has 1 aromatic rings. The number of nitrogens with zero attached hydrogens (tertiary/aromatic N) is 1. The summed E-state index contributed by atoms with van der Waals surface area (Å²) >= 11 is 0. The highest BCUT2D eigenvalue weighted by Crippen LogP contribution is 2.12. The Labute approximate surface area is 156 Å². The number of aryl methyl sites for hydroxylation is 1. The van der Waals surface area contributed by atoms with E-state index in [1.165, 1.54) is 0 Å². The normalized spacial score (nSPS) is 15.7. The fourth-order valence-corrected chi connectivity index (χ4v) is 3.81. The predicted octanol–water partition coefficient (Wildman–Crippen LogP) is 0.756. The van der Waals surface area contributed by atoms with Crippen LogP contribution in [0.1, 0.15) is 25.3 Å². The van der Waals surface area contributed by atoms with Gasteiger partial charge in [-0.1, -0.05) is 19.1 Å². The van der Waals surface area contributed by atoms with Crippen molar-refractivity contribution >= 4 is 15.9 Å². The summed E-state index contributed by atoms with van der Waals surface area (Å²) in [5.74, 6) is 0.0135. The lowest BCUT2D eigenvalue weighted by Gasteiger charge is -2.26. The van der Waals surface area contributed by atoms with Crippen LogP contribution >= 0.6 is 0 Å². The maximum absolute atomic E-state index is 12.0. The van der Waals surface area contributed by atoms with Crippen LogP contribution in [0.15, 0.2) is 29.2 Å². The largest absolute Gasteiger partial charge is 0.379 e. The molecule has 7 nitrogen and oxygen atoms in total. The average Bonchev–Trinajstić information content (AvgIpc) is 2.66. The molecule has 1 heterocycles. The molecular weight excluding hydrogens is 354 g/mol. The number of sulfonamides is 1. The highest BCUT2D eigenvalue weighted by Gasteiger charge is 2.13. The van der Waals surface area contributed by atoms with Gasteiger partial charge in [0.15, 0.2) is 0 Å². The molecule has 0 aliphatic carbocycles. The lowest BCUT2D eigenvalue weighted by Crippen LogP contribution is -2.41. The molecule has 146 valence electrons. The van der Waals surface area contributed by atoms with Gasteiger partial charge in [0.25, 0.3) is 0 Å². The van der Waals surface area contributed by atoms with Gasteiger partial charge in [0.05, 0.1) is 18.1 Å². The number of amides is 1. The summed E-state index contributed by atoms with van der Waals surface area (Å²) in [6, 6.07) is 6.70. The summed E-state index contributed by atoms with van der Waals surface area (Å²) in [5, 5.41) is 2.93. The molecule has 1 fully saturated rings. The van der Waals surface area contributed by atoms with Crippen LogP contribution in [0.25, 0.3) is 0 Å². The fourth-order valence-electron chi connectivity index (χ4n) is 2.68. The van der Waals surface area contributed by atoms with Crippen LogP contribution in [0.4, 0.5) is 0 Å². The van der Waals surface area contributed by atoms with Gasteiger partial charge in [0.2, 0.25) is 15.9 Å². The van der Waals surface area contributed by atoms with Crippen LogP contribution < -0.4 is 10.0 Å². The molecule has 0 bridgehead atoms. The Morgan fingerprint density at radius 1 is 1.15 bits per heavy atom. The number of carbonyl (C=O) groups excluding carboxylic acids is 1. The molecule has 2 rings (SSSR count). The van der Waals surface area contributed by atoms with Gasteiger partial charge >= 0.3 is 0 Å². The Morgan fingerprint density at radius 3 is 2.50 bits per heavy atom. The van der Waals surface area contributed by atoms with Crippen LogP contribution in [0.2, 0.25) is 0 Å². The van der Waals surface area contributed by atoms with Crippen molar-refractivity contribution < 1.29 is 17.9 Å². The zero-order valence-electron chi connectivity index (χ0n) is 15.4. The van der Waals surface area contributed by atoms with Crippen molar-refractivity contribution in [3.63, 3.8) is 0 Å². The maximum atomic E-state index is 12.0. The third kappa shape index (κ3) is 7.03. The Balaban J connectivity index is 1.70. The van der Waals surface area contributed by atoms with E-state index in [1.807, 2.05) is 6.92 Å². The molecule has 1 aromatic carbocycles.